The molecule has 0 unspecified atom stereocenters. The average molecular weight is 367 g/mol. The zero-order valence-corrected chi connectivity index (χ0v) is 14.0. The summed E-state index contributed by atoms with van der Waals surface area (Å²) in [6.45, 7) is 0. The lowest BCUT2D eigenvalue weighted by Crippen LogP contribution is -2.19. The summed E-state index contributed by atoms with van der Waals surface area (Å²) in [5.74, 6) is -0.135. The fourth-order valence-electron chi connectivity index (χ4n) is 2.41. The molecule has 0 fully saturated rings. The van der Waals surface area contributed by atoms with Crippen LogP contribution < -0.4 is 5.43 Å². The summed E-state index contributed by atoms with van der Waals surface area (Å²) < 4.78 is 0.937. The minimum Gasteiger partial charge on any atom is -0.273 e. The highest BCUT2D eigenvalue weighted by atomic mass is 79.9. The van der Waals surface area contributed by atoms with Crippen molar-refractivity contribution in [2.45, 2.75) is 6.42 Å². The van der Waals surface area contributed by atoms with Crippen LogP contribution >= 0.6 is 15.9 Å². The van der Waals surface area contributed by atoms with Crippen molar-refractivity contribution in [3.8, 4) is 0 Å². The number of rotatable bonds is 4. The molecular weight excluding hydrogens is 352 g/mol. The predicted octanol–water partition coefficient (Wildman–Crippen LogP) is 4.30. The lowest BCUT2D eigenvalue weighted by Gasteiger charge is -2.05. The SMILES string of the molecule is O=C(Cc1cccc2ccccc12)N/N=C/c1ccccc1Br. The topological polar surface area (TPSA) is 41.5 Å². The highest BCUT2D eigenvalue weighted by Gasteiger charge is 2.05. The van der Waals surface area contributed by atoms with Crippen LogP contribution in [0.2, 0.25) is 0 Å². The van der Waals surface area contributed by atoms with Crippen LogP contribution in [0.3, 0.4) is 0 Å². The van der Waals surface area contributed by atoms with Gasteiger partial charge < -0.3 is 0 Å². The molecule has 4 heteroatoms. The van der Waals surface area contributed by atoms with E-state index in [1.807, 2.05) is 66.7 Å². The summed E-state index contributed by atoms with van der Waals surface area (Å²) in [4.78, 5) is 12.1. The molecular formula is C19H15BrN2O. The Balaban J connectivity index is 1.69. The van der Waals surface area contributed by atoms with E-state index >= 15 is 0 Å². The van der Waals surface area contributed by atoms with Crippen LogP contribution in [0.4, 0.5) is 0 Å². The largest absolute Gasteiger partial charge is 0.273 e. The van der Waals surface area contributed by atoms with Gasteiger partial charge in [-0.15, -0.1) is 0 Å². The Labute approximate surface area is 143 Å². The summed E-state index contributed by atoms with van der Waals surface area (Å²) in [6.07, 6.45) is 1.93. The van der Waals surface area contributed by atoms with Crippen LogP contribution in [0.25, 0.3) is 10.8 Å². The molecule has 3 aromatic carbocycles. The van der Waals surface area contributed by atoms with Gasteiger partial charge in [0.05, 0.1) is 12.6 Å². The molecule has 0 saturated carbocycles. The fraction of sp³-hybridized carbons (Fsp3) is 0.0526. The molecule has 23 heavy (non-hydrogen) atoms. The van der Waals surface area contributed by atoms with Crippen LogP contribution in [0.15, 0.2) is 76.3 Å². The number of carbonyl (C=O) groups excluding carboxylic acids is 1. The molecule has 3 nitrogen and oxygen atoms in total. The van der Waals surface area contributed by atoms with Crippen LogP contribution in [0, 0.1) is 0 Å². The molecule has 114 valence electrons. The smallest absolute Gasteiger partial charge is 0.244 e. The van der Waals surface area contributed by atoms with Crippen LogP contribution in [0.5, 0.6) is 0 Å². The third kappa shape index (κ3) is 3.85. The third-order valence-electron chi connectivity index (χ3n) is 3.53. The maximum absolute atomic E-state index is 12.1. The minimum absolute atomic E-state index is 0.135. The monoisotopic (exact) mass is 366 g/mol. The average Bonchev–Trinajstić information content (AvgIpc) is 2.57. The van der Waals surface area contributed by atoms with Crippen molar-refractivity contribution in [3.63, 3.8) is 0 Å². The molecule has 3 aromatic rings. The zero-order valence-electron chi connectivity index (χ0n) is 12.4. The van der Waals surface area contributed by atoms with Gasteiger partial charge in [0, 0.05) is 10.0 Å². The van der Waals surface area contributed by atoms with E-state index in [-0.39, 0.29) is 5.91 Å². The molecule has 1 N–H and O–H groups in total. The molecule has 0 atom stereocenters. The first-order valence-electron chi connectivity index (χ1n) is 7.27. The van der Waals surface area contributed by atoms with Crippen molar-refractivity contribution in [3.05, 3.63) is 82.3 Å². The van der Waals surface area contributed by atoms with Crippen molar-refractivity contribution < 1.29 is 4.79 Å². The molecule has 1 amide bonds. The standard InChI is InChI=1S/C19H15BrN2O/c20-18-11-4-2-7-16(18)13-21-22-19(23)12-15-9-5-8-14-6-1-3-10-17(14)15/h1-11,13H,12H2,(H,22,23)/b21-13+. The maximum Gasteiger partial charge on any atom is 0.244 e. The number of nitrogens with zero attached hydrogens (tertiary/aromatic N) is 1. The normalized spacial score (nSPS) is 11.0. The van der Waals surface area contributed by atoms with E-state index in [2.05, 4.69) is 26.5 Å². The lowest BCUT2D eigenvalue weighted by molar-refractivity contribution is -0.120. The Morgan fingerprint density at radius 1 is 1.00 bits per heavy atom. The van der Waals surface area contributed by atoms with Gasteiger partial charge in [0.2, 0.25) is 5.91 Å². The second-order valence-corrected chi connectivity index (χ2v) is 5.98. The molecule has 0 bridgehead atoms. The molecule has 0 spiro atoms. The summed E-state index contributed by atoms with van der Waals surface area (Å²) >= 11 is 3.44. The summed E-state index contributed by atoms with van der Waals surface area (Å²) in [7, 11) is 0. The van der Waals surface area contributed by atoms with Crippen molar-refractivity contribution >= 4 is 38.8 Å². The van der Waals surface area contributed by atoms with E-state index in [1.165, 1.54) is 0 Å². The van der Waals surface area contributed by atoms with Crippen LogP contribution in [-0.4, -0.2) is 12.1 Å². The summed E-state index contributed by atoms with van der Waals surface area (Å²) in [5, 5.41) is 6.26. The van der Waals surface area contributed by atoms with Gasteiger partial charge in [0.15, 0.2) is 0 Å². The number of hydrogen-bond donors (Lipinski definition) is 1. The van der Waals surface area contributed by atoms with Crippen molar-refractivity contribution in [1.29, 1.82) is 0 Å². The van der Waals surface area contributed by atoms with Crippen LogP contribution in [0.1, 0.15) is 11.1 Å². The first-order chi connectivity index (χ1) is 11.2. The number of fused-ring (bicyclic) bond motifs is 1. The number of benzene rings is 3. The van der Waals surface area contributed by atoms with E-state index in [0.717, 1.165) is 26.4 Å². The molecule has 0 heterocycles. The van der Waals surface area contributed by atoms with Gasteiger partial charge in [-0.2, -0.15) is 5.10 Å². The van der Waals surface area contributed by atoms with Gasteiger partial charge in [-0.1, -0.05) is 76.6 Å². The Hall–Kier alpha value is -2.46. The van der Waals surface area contributed by atoms with E-state index in [4.69, 9.17) is 0 Å². The number of amides is 1. The van der Waals surface area contributed by atoms with Gasteiger partial charge in [-0.25, -0.2) is 5.43 Å². The maximum atomic E-state index is 12.1. The Kier molecular flexibility index (Phi) is 4.83. The highest BCUT2D eigenvalue weighted by Crippen LogP contribution is 2.18. The number of carbonyl (C=O) groups is 1. The summed E-state index contributed by atoms with van der Waals surface area (Å²) in [5.41, 5.74) is 4.49. The molecule has 3 rings (SSSR count). The van der Waals surface area contributed by atoms with Gasteiger partial charge in [0.25, 0.3) is 0 Å². The van der Waals surface area contributed by atoms with Gasteiger partial charge in [-0.3, -0.25) is 4.79 Å². The van der Waals surface area contributed by atoms with Gasteiger partial charge >= 0.3 is 0 Å². The second kappa shape index (κ2) is 7.20. The first kappa shape index (κ1) is 15.4. The molecule has 0 radical (unpaired) electrons. The molecule has 0 aliphatic rings. The van der Waals surface area contributed by atoms with Gasteiger partial charge in [0.1, 0.15) is 0 Å². The summed E-state index contributed by atoms with van der Waals surface area (Å²) in [6, 6.07) is 21.7. The quantitative estimate of drug-likeness (QED) is 0.542. The number of nitrogens with one attached hydrogen (secondary N) is 1. The fourth-order valence-corrected chi connectivity index (χ4v) is 2.80. The predicted molar refractivity (Wildman–Crippen MR) is 97.5 cm³/mol. The Morgan fingerprint density at radius 2 is 1.74 bits per heavy atom. The molecule has 0 aliphatic carbocycles. The van der Waals surface area contributed by atoms with Crippen LogP contribution in [-0.2, 0) is 11.2 Å². The highest BCUT2D eigenvalue weighted by molar-refractivity contribution is 9.10. The number of hydrazone groups is 1. The second-order valence-electron chi connectivity index (χ2n) is 5.13. The van der Waals surface area contributed by atoms with Crippen molar-refractivity contribution in [2.75, 3.05) is 0 Å². The molecule has 0 aliphatic heterocycles. The number of hydrogen-bond acceptors (Lipinski definition) is 2. The Morgan fingerprint density at radius 3 is 2.61 bits per heavy atom. The Bertz CT molecular complexity index is 869. The first-order valence-corrected chi connectivity index (χ1v) is 8.06. The molecule has 0 saturated heterocycles. The van der Waals surface area contributed by atoms with E-state index in [0.29, 0.717) is 6.42 Å². The van der Waals surface area contributed by atoms with Crippen molar-refractivity contribution in [2.24, 2.45) is 5.10 Å². The third-order valence-corrected chi connectivity index (χ3v) is 4.25. The molecule has 0 aromatic heterocycles. The van der Waals surface area contributed by atoms with E-state index in [1.54, 1.807) is 6.21 Å². The lowest BCUT2D eigenvalue weighted by atomic mass is 10.0. The van der Waals surface area contributed by atoms with E-state index in [9.17, 15) is 4.79 Å². The van der Waals surface area contributed by atoms with E-state index < -0.39 is 0 Å². The number of halogens is 1. The minimum atomic E-state index is -0.135. The van der Waals surface area contributed by atoms with Crippen molar-refractivity contribution in [1.82, 2.24) is 5.43 Å². The zero-order chi connectivity index (χ0) is 16.1. The van der Waals surface area contributed by atoms with Gasteiger partial charge in [-0.05, 0) is 22.4 Å².